The lowest BCUT2D eigenvalue weighted by Gasteiger charge is -2.24. The molecule has 1 fully saturated rings. The molecule has 200 valence electrons. The first kappa shape index (κ1) is 28.6. The number of nitrogens with one attached hydrogen (secondary N) is 1. The zero-order valence-electron chi connectivity index (χ0n) is 22.0. The first-order valence-corrected chi connectivity index (χ1v) is 13.9. The van der Waals surface area contributed by atoms with Gasteiger partial charge in [-0.15, -0.1) is 11.3 Å². The van der Waals surface area contributed by atoms with Crippen molar-refractivity contribution >= 4 is 29.3 Å². The van der Waals surface area contributed by atoms with Gasteiger partial charge in [-0.3, -0.25) is 4.79 Å². The number of benzene rings is 1. The first-order chi connectivity index (χ1) is 17.9. The molecule has 2 N–H and O–H groups in total. The molecule has 0 aliphatic heterocycles. The van der Waals surface area contributed by atoms with Crippen LogP contribution in [-0.4, -0.2) is 41.8 Å². The summed E-state index contributed by atoms with van der Waals surface area (Å²) in [5.74, 6) is 0.531. The predicted octanol–water partition coefficient (Wildman–Crippen LogP) is 5.41. The van der Waals surface area contributed by atoms with Crippen molar-refractivity contribution in [2.45, 2.75) is 65.3 Å². The molecular formula is C29H38N2O5S. The molecule has 8 heteroatoms. The number of carbonyl (C=O) groups is 2. The monoisotopic (exact) mass is 526 g/mol. The molecule has 1 saturated carbocycles. The maximum Gasteiger partial charge on any atom is 0.333 e. The van der Waals surface area contributed by atoms with Crippen molar-refractivity contribution in [3.05, 3.63) is 63.1 Å². The highest BCUT2D eigenvalue weighted by atomic mass is 32.1. The number of allylic oxidation sites excluding steroid dienone is 2. The minimum absolute atomic E-state index is 0.0322. The summed E-state index contributed by atoms with van der Waals surface area (Å²) in [4.78, 5) is 29.9. The minimum atomic E-state index is -0.326. The van der Waals surface area contributed by atoms with Gasteiger partial charge in [0, 0.05) is 16.9 Å². The topological polar surface area (TPSA) is 97.8 Å². The Morgan fingerprint density at radius 1 is 1.19 bits per heavy atom. The molecule has 1 heterocycles. The molecule has 1 aliphatic carbocycles. The summed E-state index contributed by atoms with van der Waals surface area (Å²) < 4.78 is 10.5. The lowest BCUT2D eigenvalue weighted by Crippen LogP contribution is -2.35. The Morgan fingerprint density at radius 2 is 1.92 bits per heavy atom. The average Bonchev–Trinajstić information content (AvgIpc) is 3.36. The SMILES string of the molecule is CCOC(=O)C(C)=CC(C)=Cc1csc([C@H](Cc2ccc(OCCO)cc2)NC(=O)C2CCCCC2)n1. The Balaban J connectivity index is 1.78. The van der Waals surface area contributed by atoms with E-state index in [0.29, 0.717) is 24.4 Å². The molecule has 0 radical (unpaired) electrons. The number of rotatable bonds is 12. The summed E-state index contributed by atoms with van der Waals surface area (Å²) in [5.41, 5.74) is 3.27. The number of amides is 1. The zero-order chi connectivity index (χ0) is 26.6. The second-order valence-electron chi connectivity index (χ2n) is 9.36. The maximum atomic E-state index is 13.1. The van der Waals surface area contributed by atoms with Crippen molar-refractivity contribution in [2.75, 3.05) is 19.8 Å². The molecule has 1 aromatic carbocycles. The van der Waals surface area contributed by atoms with Crippen LogP contribution in [0.1, 0.15) is 75.2 Å². The summed E-state index contributed by atoms with van der Waals surface area (Å²) in [6.07, 6.45) is 9.60. The van der Waals surface area contributed by atoms with Crippen LogP contribution in [0.3, 0.4) is 0 Å². The third-order valence-corrected chi connectivity index (χ3v) is 7.25. The number of carbonyl (C=O) groups excluding carboxylic acids is 2. The number of nitrogens with zero attached hydrogens (tertiary/aromatic N) is 1. The van der Waals surface area contributed by atoms with E-state index in [9.17, 15) is 9.59 Å². The highest BCUT2D eigenvalue weighted by Crippen LogP contribution is 2.28. The van der Waals surface area contributed by atoms with Gasteiger partial charge in [-0.25, -0.2) is 9.78 Å². The fraction of sp³-hybridized carbons (Fsp3) is 0.483. The number of hydrogen-bond donors (Lipinski definition) is 2. The number of aromatic nitrogens is 1. The maximum absolute atomic E-state index is 13.1. The van der Waals surface area contributed by atoms with Gasteiger partial charge < -0.3 is 19.9 Å². The van der Waals surface area contributed by atoms with Crippen LogP contribution < -0.4 is 10.1 Å². The second-order valence-corrected chi connectivity index (χ2v) is 10.3. The average molecular weight is 527 g/mol. The summed E-state index contributed by atoms with van der Waals surface area (Å²) in [5, 5.41) is 15.1. The number of aliphatic hydroxyl groups is 1. The zero-order valence-corrected chi connectivity index (χ0v) is 22.8. The van der Waals surface area contributed by atoms with Crippen LogP contribution in [0.15, 0.2) is 46.9 Å². The van der Waals surface area contributed by atoms with Crippen molar-refractivity contribution in [1.82, 2.24) is 10.3 Å². The normalized spacial score (nSPS) is 15.8. The lowest BCUT2D eigenvalue weighted by atomic mass is 9.88. The standard InChI is InChI=1S/C29H38N2O5S/c1-4-35-29(34)21(3)16-20(2)17-24-19-37-28(30-24)26(31-27(33)23-8-6-5-7-9-23)18-22-10-12-25(13-11-22)36-15-14-32/h10-13,16-17,19,23,26,32H,4-9,14-15,18H2,1-3H3,(H,31,33)/t26-/m0/s1. The van der Waals surface area contributed by atoms with Crippen LogP contribution in [0, 0.1) is 5.92 Å². The van der Waals surface area contributed by atoms with Gasteiger partial charge in [0.15, 0.2) is 0 Å². The number of aliphatic hydroxyl groups excluding tert-OH is 1. The van der Waals surface area contributed by atoms with Gasteiger partial charge in [0.1, 0.15) is 17.4 Å². The number of esters is 1. The lowest BCUT2D eigenvalue weighted by molar-refractivity contribution is -0.138. The summed E-state index contributed by atoms with van der Waals surface area (Å²) >= 11 is 1.52. The molecular weight excluding hydrogens is 488 g/mol. The van der Waals surface area contributed by atoms with Gasteiger partial charge in [0.2, 0.25) is 5.91 Å². The van der Waals surface area contributed by atoms with Gasteiger partial charge >= 0.3 is 5.97 Å². The van der Waals surface area contributed by atoms with E-state index in [1.165, 1.54) is 17.8 Å². The first-order valence-electron chi connectivity index (χ1n) is 13.0. The van der Waals surface area contributed by atoms with Gasteiger partial charge in [-0.1, -0.05) is 31.4 Å². The molecule has 0 unspecified atom stereocenters. The Morgan fingerprint density at radius 3 is 2.59 bits per heavy atom. The smallest absolute Gasteiger partial charge is 0.333 e. The van der Waals surface area contributed by atoms with Crippen LogP contribution in [0.2, 0.25) is 0 Å². The minimum Gasteiger partial charge on any atom is -0.491 e. The van der Waals surface area contributed by atoms with E-state index in [1.807, 2.05) is 42.6 Å². The fourth-order valence-corrected chi connectivity index (χ4v) is 5.25. The molecule has 1 aromatic heterocycles. The third-order valence-electron chi connectivity index (χ3n) is 6.27. The van der Waals surface area contributed by atoms with E-state index in [0.717, 1.165) is 47.5 Å². The molecule has 37 heavy (non-hydrogen) atoms. The number of thiazole rings is 1. The van der Waals surface area contributed by atoms with Gasteiger partial charge in [0.05, 0.1) is 24.9 Å². The van der Waals surface area contributed by atoms with Crippen molar-refractivity contribution in [2.24, 2.45) is 5.92 Å². The molecule has 0 spiro atoms. The summed E-state index contributed by atoms with van der Waals surface area (Å²) in [7, 11) is 0. The van der Waals surface area contributed by atoms with Gasteiger partial charge in [-0.05, 0) is 75.5 Å². The van der Waals surface area contributed by atoms with E-state index in [-0.39, 0.29) is 37.0 Å². The van der Waals surface area contributed by atoms with Crippen molar-refractivity contribution in [3.63, 3.8) is 0 Å². The highest BCUT2D eigenvalue weighted by molar-refractivity contribution is 7.09. The highest BCUT2D eigenvalue weighted by Gasteiger charge is 2.25. The molecule has 2 aromatic rings. The van der Waals surface area contributed by atoms with Crippen molar-refractivity contribution < 1.29 is 24.2 Å². The van der Waals surface area contributed by atoms with E-state index >= 15 is 0 Å². The van der Waals surface area contributed by atoms with Crippen LogP contribution >= 0.6 is 11.3 Å². The molecule has 1 atom stereocenters. The summed E-state index contributed by atoms with van der Waals surface area (Å²) in [6.45, 7) is 6.00. The van der Waals surface area contributed by atoms with E-state index in [4.69, 9.17) is 19.6 Å². The molecule has 3 rings (SSSR count). The van der Waals surface area contributed by atoms with Gasteiger partial charge in [0.25, 0.3) is 0 Å². The Bertz CT molecular complexity index is 1080. The Kier molecular flexibility index (Phi) is 11.4. The van der Waals surface area contributed by atoms with Crippen molar-refractivity contribution in [3.8, 4) is 5.75 Å². The summed E-state index contributed by atoms with van der Waals surface area (Å²) in [6, 6.07) is 7.47. The molecule has 0 bridgehead atoms. The fourth-order valence-electron chi connectivity index (χ4n) is 4.42. The van der Waals surface area contributed by atoms with Gasteiger partial charge in [-0.2, -0.15) is 0 Å². The second kappa shape index (κ2) is 14.7. The van der Waals surface area contributed by atoms with Crippen LogP contribution in [0.4, 0.5) is 0 Å². The largest absolute Gasteiger partial charge is 0.491 e. The quantitative estimate of drug-likeness (QED) is 0.218. The molecule has 0 saturated heterocycles. The third kappa shape index (κ3) is 9.13. The number of ether oxygens (including phenoxy) is 2. The van der Waals surface area contributed by atoms with Crippen LogP contribution in [0.5, 0.6) is 5.75 Å². The number of hydrogen-bond acceptors (Lipinski definition) is 7. The van der Waals surface area contributed by atoms with Crippen molar-refractivity contribution in [1.29, 1.82) is 0 Å². The molecule has 1 amide bonds. The predicted molar refractivity (Wildman–Crippen MR) is 146 cm³/mol. The molecule has 1 aliphatic rings. The Labute approximate surface area is 223 Å². The van der Waals surface area contributed by atoms with Crippen LogP contribution in [-0.2, 0) is 20.7 Å². The molecule has 7 nitrogen and oxygen atoms in total. The van der Waals surface area contributed by atoms with E-state index in [2.05, 4.69) is 5.32 Å². The Hall–Kier alpha value is -2.97. The van der Waals surface area contributed by atoms with E-state index in [1.54, 1.807) is 19.9 Å². The van der Waals surface area contributed by atoms with E-state index < -0.39 is 0 Å². The van der Waals surface area contributed by atoms with Crippen LogP contribution in [0.25, 0.3) is 6.08 Å².